The van der Waals surface area contributed by atoms with Gasteiger partial charge in [0.25, 0.3) is 0 Å². The van der Waals surface area contributed by atoms with Gasteiger partial charge in [-0.2, -0.15) is 10.1 Å². The SMILES string of the molecule is Cl.Cl.Nc1nc2c(c(N3CCN(CCOCCn4ccc(C(=O)O)n4)CC3)n1)CCc1cc(OCc3ccc(Cl)cc3)ccc1-2. The van der Waals surface area contributed by atoms with Crippen LogP contribution in [0, 0.1) is 0 Å². The van der Waals surface area contributed by atoms with Crippen molar-refractivity contribution in [2.45, 2.75) is 26.0 Å². The number of benzene rings is 2. The maximum absolute atomic E-state index is 11.0. The second-order valence-electron chi connectivity index (χ2n) is 10.7. The molecule has 240 valence electrons. The van der Waals surface area contributed by atoms with Gasteiger partial charge in [0.05, 0.1) is 25.5 Å². The first-order valence-electron chi connectivity index (χ1n) is 14.4. The second-order valence-corrected chi connectivity index (χ2v) is 11.1. The number of rotatable bonds is 11. The normalized spacial score (nSPS) is 14.1. The molecular weight excluding hydrogens is 641 g/mol. The minimum Gasteiger partial charge on any atom is -0.489 e. The first-order valence-corrected chi connectivity index (χ1v) is 14.8. The Morgan fingerprint density at radius 1 is 0.956 bits per heavy atom. The Bertz CT molecular complexity index is 1590. The number of halogens is 3. The van der Waals surface area contributed by atoms with Crippen molar-refractivity contribution in [1.82, 2.24) is 24.6 Å². The Hall–Kier alpha value is -3.61. The number of carbonyl (C=O) groups is 1. The van der Waals surface area contributed by atoms with Gasteiger partial charge in [0, 0.05) is 55.1 Å². The van der Waals surface area contributed by atoms with E-state index in [2.05, 4.69) is 32.0 Å². The predicted octanol–water partition coefficient (Wildman–Crippen LogP) is 4.63. The van der Waals surface area contributed by atoms with E-state index < -0.39 is 5.97 Å². The summed E-state index contributed by atoms with van der Waals surface area (Å²) in [5.74, 6) is 1.02. The summed E-state index contributed by atoms with van der Waals surface area (Å²) in [5, 5.41) is 13.7. The lowest BCUT2D eigenvalue weighted by Gasteiger charge is -2.37. The molecule has 0 unspecified atom stereocenters. The second kappa shape index (κ2) is 15.6. The molecule has 0 atom stereocenters. The molecule has 1 saturated heterocycles. The van der Waals surface area contributed by atoms with Crippen LogP contribution in [0.4, 0.5) is 11.8 Å². The van der Waals surface area contributed by atoms with Crippen molar-refractivity contribution >= 4 is 54.2 Å². The smallest absolute Gasteiger partial charge is 0.356 e. The first kappa shape index (κ1) is 34.3. The van der Waals surface area contributed by atoms with Crippen LogP contribution in [0.3, 0.4) is 0 Å². The van der Waals surface area contributed by atoms with Gasteiger partial charge in [-0.15, -0.1) is 24.8 Å². The fraction of sp³-hybridized carbons (Fsp3) is 0.355. The third kappa shape index (κ3) is 8.36. The number of hydrogen-bond acceptors (Lipinski definition) is 9. The number of piperazine rings is 1. The van der Waals surface area contributed by atoms with Gasteiger partial charge in [0.15, 0.2) is 5.69 Å². The molecule has 1 fully saturated rings. The average molecular weight is 677 g/mol. The van der Waals surface area contributed by atoms with Crippen LogP contribution in [0.2, 0.25) is 5.02 Å². The molecule has 14 heteroatoms. The molecule has 2 aliphatic rings. The van der Waals surface area contributed by atoms with Gasteiger partial charge in [-0.1, -0.05) is 23.7 Å². The molecular formula is C31H36Cl3N7O4. The molecule has 45 heavy (non-hydrogen) atoms. The number of carboxylic acids is 1. The summed E-state index contributed by atoms with van der Waals surface area (Å²) in [6.45, 7) is 6.38. The third-order valence-corrected chi connectivity index (χ3v) is 8.10. The van der Waals surface area contributed by atoms with Crippen molar-refractivity contribution in [2.75, 3.05) is 56.6 Å². The highest BCUT2D eigenvalue weighted by molar-refractivity contribution is 6.30. The molecule has 3 heterocycles. The summed E-state index contributed by atoms with van der Waals surface area (Å²) in [4.78, 5) is 25.0. The van der Waals surface area contributed by atoms with Crippen LogP contribution < -0.4 is 15.4 Å². The monoisotopic (exact) mass is 675 g/mol. The van der Waals surface area contributed by atoms with Crippen molar-refractivity contribution < 1.29 is 19.4 Å². The number of nitrogens with two attached hydrogens (primary N) is 1. The van der Waals surface area contributed by atoms with Crippen LogP contribution in [-0.2, 0) is 30.7 Å². The summed E-state index contributed by atoms with van der Waals surface area (Å²) in [7, 11) is 0. The lowest BCUT2D eigenvalue weighted by molar-refractivity contribution is 0.0687. The molecule has 6 rings (SSSR count). The molecule has 11 nitrogen and oxygen atoms in total. The zero-order valence-electron chi connectivity index (χ0n) is 24.6. The number of hydrogen-bond donors (Lipinski definition) is 2. The Morgan fingerprint density at radius 2 is 1.71 bits per heavy atom. The van der Waals surface area contributed by atoms with Crippen LogP contribution in [0.25, 0.3) is 11.3 Å². The molecule has 1 aliphatic heterocycles. The molecule has 3 N–H and O–H groups in total. The van der Waals surface area contributed by atoms with Crippen LogP contribution in [0.1, 0.15) is 27.2 Å². The molecule has 0 radical (unpaired) electrons. The zero-order chi connectivity index (χ0) is 29.8. The fourth-order valence-corrected chi connectivity index (χ4v) is 5.67. The molecule has 0 bridgehead atoms. The van der Waals surface area contributed by atoms with E-state index in [1.807, 2.05) is 30.3 Å². The van der Waals surface area contributed by atoms with Crippen molar-refractivity contribution in [3.05, 3.63) is 82.1 Å². The third-order valence-electron chi connectivity index (χ3n) is 7.85. The van der Waals surface area contributed by atoms with E-state index >= 15 is 0 Å². The van der Waals surface area contributed by atoms with Crippen LogP contribution in [0.5, 0.6) is 5.75 Å². The molecule has 0 saturated carbocycles. The van der Waals surface area contributed by atoms with Gasteiger partial charge in [0.1, 0.15) is 18.2 Å². The van der Waals surface area contributed by atoms with Crippen molar-refractivity contribution in [3.8, 4) is 17.0 Å². The van der Waals surface area contributed by atoms with E-state index in [9.17, 15) is 4.79 Å². The first-order chi connectivity index (χ1) is 20.9. The van der Waals surface area contributed by atoms with Crippen molar-refractivity contribution in [3.63, 3.8) is 0 Å². The summed E-state index contributed by atoms with van der Waals surface area (Å²) in [5.41, 5.74) is 11.7. The van der Waals surface area contributed by atoms with Gasteiger partial charge in [-0.25, -0.2) is 9.78 Å². The largest absolute Gasteiger partial charge is 0.489 e. The maximum atomic E-state index is 11.0. The number of ether oxygens (including phenoxy) is 2. The summed E-state index contributed by atoms with van der Waals surface area (Å²) < 4.78 is 13.4. The molecule has 2 aromatic heterocycles. The summed E-state index contributed by atoms with van der Waals surface area (Å²) >= 11 is 5.99. The Labute approximate surface area is 279 Å². The zero-order valence-corrected chi connectivity index (χ0v) is 27.0. The van der Waals surface area contributed by atoms with Gasteiger partial charge in [0.2, 0.25) is 5.95 Å². The van der Waals surface area contributed by atoms with E-state index in [0.29, 0.717) is 31.4 Å². The van der Waals surface area contributed by atoms with Gasteiger partial charge >= 0.3 is 5.97 Å². The van der Waals surface area contributed by atoms with Gasteiger partial charge < -0.3 is 25.2 Å². The molecule has 0 spiro atoms. The minimum atomic E-state index is -1.03. The number of aromatic carboxylic acids is 1. The summed E-state index contributed by atoms with van der Waals surface area (Å²) in [6, 6.07) is 15.3. The Kier molecular flexibility index (Phi) is 11.9. The Balaban J connectivity index is 0.00000230. The minimum absolute atomic E-state index is 0. The highest BCUT2D eigenvalue weighted by Gasteiger charge is 2.27. The van der Waals surface area contributed by atoms with E-state index in [-0.39, 0.29) is 36.5 Å². The number of carboxylic acid groups (broad SMARTS) is 1. The number of aromatic nitrogens is 4. The quantitative estimate of drug-likeness (QED) is 0.217. The van der Waals surface area contributed by atoms with E-state index in [4.69, 9.17) is 36.9 Å². The Morgan fingerprint density at radius 3 is 2.44 bits per heavy atom. The van der Waals surface area contributed by atoms with Crippen LogP contribution in [-0.4, -0.2) is 81.7 Å². The van der Waals surface area contributed by atoms with Crippen molar-refractivity contribution in [2.24, 2.45) is 0 Å². The standard InChI is InChI=1S/C31H34ClN7O4.2ClH/c32-23-4-1-21(2-5-23)20-43-24-6-8-25-22(19-24)3-7-26-28(25)34-31(33)35-29(26)38-13-11-37(12-14-38)15-17-42-18-16-39-10-9-27(36-39)30(40)41;;/h1-2,4-6,8-10,19H,3,7,11-18,20H2,(H,40,41)(H2,33,34,35);2*1H. The number of aryl methyl sites for hydroxylation is 1. The summed E-state index contributed by atoms with van der Waals surface area (Å²) in [6.07, 6.45) is 3.38. The molecule has 2 aromatic carbocycles. The van der Waals surface area contributed by atoms with E-state index in [1.54, 1.807) is 10.9 Å². The van der Waals surface area contributed by atoms with Gasteiger partial charge in [-0.3, -0.25) is 9.58 Å². The topological polar surface area (TPSA) is 132 Å². The van der Waals surface area contributed by atoms with Gasteiger partial charge in [-0.05, 0) is 60.4 Å². The van der Waals surface area contributed by atoms with E-state index in [0.717, 1.165) is 79.5 Å². The van der Waals surface area contributed by atoms with Crippen LogP contribution >= 0.6 is 36.4 Å². The number of anilines is 2. The fourth-order valence-electron chi connectivity index (χ4n) is 5.55. The maximum Gasteiger partial charge on any atom is 0.356 e. The predicted molar refractivity (Wildman–Crippen MR) is 178 cm³/mol. The number of nitrogens with zero attached hydrogens (tertiary/aromatic N) is 6. The number of fused-ring (bicyclic) bond motifs is 3. The number of nitrogen functional groups attached to an aromatic ring is 1. The lowest BCUT2D eigenvalue weighted by Crippen LogP contribution is -2.48. The molecule has 4 aromatic rings. The van der Waals surface area contributed by atoms with E-state index in [1.165, 1.54) is 11.6 Å². The van der Waals surface area contributed by atoms with Crippen molar-refractivity contribution in [1.29, 1.82) is 0 Å². The molecule has 1 aliphatic carbocycles. The highest BCUT2D eigenvalue weighted by Crippen LogP contribution is 2.38. The lowest BCUT2D eigenvalue weighted by atomic mass is 9.88. The highest BCUT2D eigenvalue weighted by atomic mass is 35.5. The molecule has 0 amide bonds. The average Bonchev–Trinajstić information content (AvgIpc) is 3.50. The van der Waals surface area contributed by atoms with Crippen LogP contribution in [0.15, 0.2) is 54.7 Å².